The number of ether oxygens (including phenoxy) is 1. The highest BCUT2D eigenvalue weighted by molar-refractivity contribution is 6.09. The highest BCUT2D eigenvalue weighted by Crippen LogP contribution is 2.27. The SMILES string of the molecule is CCOc1c(F)cccc1C(=O)Nc1[nH]nc2c1c(CC)nn2C. The number of benzene rings is 1. The molecule has 3 aromatic rings. The van der Waals surface area contributed by atoms with Crippen molar-refractivity contribution in [2.75, 3.05) is 11.9 Å². The van der Waals surface area contributed by atoms with E-state index >= 15 is 0 Å². The molecule has 3 rings (SSSR count). The van der Waals surface area contributed by atoms with Gasteiger partial charge in [-0.05, 0) is 25.5 Å². The predicted octanol–water partition coefficient (Wildman–Crippen LogP) is 2.65. The summed E-state index contributed by atoms with van der Waals surface area (Å²) in [6.45, 7) is 3.97. The number of carbonyl (C=O) groups is 1. The molecule has 126 valence electrons. The molecule has 0 bridgehead atoms. The van der Waals surface area contributed by atoms with Crippen LogP contribution < -0.4 is 10.1 Å². The third-order valence-electron chi connectivity index (χ3n) is 3.69. The monoisotopic (exact) mass is 331 g/mol. The third kappa shape index (κ3) is 2.60. The summed E-state index contributed by atoms with van der Waals surface area (Å²) in [6.07, 6.45) is 0.698. The van der Waals surface area contributed by atoms with Crippen molar-refractivity contribution in [1.82, 2.24) is 20.0 Å². The van der Waals surface area contributed by atoms with Gasteiger partial charge in [-0.3, -0.25) is 9.89 Å². The molecule has 7 nitrogen and oxygen atoms in total. The molecular weight excluding hydrogens is 313 g/mol. The van der Waals surface area contributed by atoms with Gasteiger partial charge >= 0.3 is 0 Å². The maximum absolute atomic E-state index is 13.9. The molecule has 0 aliphatic rings. The molecule has 2 aromatic heterocycles. The zero-order chi connectivity index (χ0) is 17.3. The van der Waals surface area contributed by atoms with E-state index in [1.165, 1.54) is 18.2 Å². The zero-order valence-corrected chi connectivity index (χ0v) is 13.7. The standard InChI is InChI=1S/C16H18FN5O2/c1-4-11-12-14(19-20-15(12)22(3)21-11)18-16(23)9-7-6-8-10(17)13(9)24-5-2/h6-8H,4-5H2,1-3H3,(H2,18,19,20,23). The van der Waals surface area contributed by atoms with Crippen LogP contribution in [0, 0.1) is 5.82 Å². The average Bonchev–Trinajstić information content (AvgIpc) is 3.11. The van der Waals surface area contributed by atoms with Crippen LogP contribution >= 0.6 is 0 Å². The van der Waals surface area contributed by atoms with E-state index in [0.29, 0.717) is 17.9 Å². The molecule has 24 heavy (non-hydrogen) atoms. The number of nitrogens with zero attached hydrogens (tertiary/aromatic N) is 3. The Morgan fingerprint density at radius 3 is 2.92 bits per heavy atom. The summed E-state index contributed by atoms with van der Waals surface area (Å²) in [6, 6.07) is 4.24. The number of aromatic amines is 1. The quantitative estimate of drug-likeness (QED) is 0.753. The Morgan fingerprint density at radius 2 is 2.21 bits per heavy atom. The summed E-state index contributed by atoms with van der Waals surface area (Å²) in [4.78, 5) is 12.6. The van der Waals surface area contributed by atoms with Gasteiger partial charge < -0.3 is 10.1 Å². The minimum absolute atomic E-state index is 0.0600. The fraction of sp³-hybridized carbons (Fsp3) is 0.312. The van der Waals surface area contributed by atoms with E-state index in [1.54, 1.807) is 18.7 Å². The Kier molecular flexibility index (Phi) is 4.20. The van der Waals surface area contributed by atoms with Crippen molar-refractivity contribution in [3.05, 3.63) is 35.3 Å². The summed E-state index contributed by atoms with van der Waals surface area (Å²) in [5.74, 6) is -0.675. The molecule has 8 heteroatoms. The number of nitrogens with one attached hydrogen (secondary N) is 2. The minimum atomic E-state index is -0.574. The summed E-state index contributed by atoms with van der Waals surface area (Å²) < 4.78 is 20.8. The van der Waals surface area contributed by atoms with E-state index in [4.69, 9.17) is 4.74 Å². The normalized spacial score (nSPS) is 11.0. The van der Waals surface area contributed by atoms with Crippen molar-refractivity contribution in [2.45, 2.75) is 20.3 Å². The third-order valence-corrected chi connectivity index (χ3v) is 3.69. The smallest absolute Gasteiger partial charge is 0.260 e. The number of H-pyrrole nitrogens is 1. The largest absolute Gasteiger partial charge is 0.490 e. The number of amides is 1. The predicted molar refractivity (Wildman–Crippen MR) is 87.8 cm³/mol. The van der Waals surface area contributed by atoms with Crippen LogP contribution in [0.25, 0.3) is 11.0 Å². The highest BCUT2D eigenvalue weighted by Gasteiger charge is 2.20. The first-order valence-electron chi connectivity index (χ1n) is 7.69. The van der Waals surface area contributed by atoms with E-state index in [0.717, 1.165) is 11.1 Å². The van der Waals surface area contributed by atoms with Gasteiger partial charge in [-0.2, -0.15) is 10.2 Å². The van der Waals surface area contributed by atoms with Gasteiger partial charge in [0.25, 0.3) is 5.91 Å². The second-order valence-corrected chi connectivity index (χ2v) is 5.22. The molecule has 0 spiro atoms. The molecule has 0 saturated heterocycles. The molecule has 2 heterocycles. The molecule has 0 atom stereocenters. The van der Waals surface area contributed by atoms with Crippen molar-refractivity contribution in [2.24, 2.45) is 7.05 Å². The van der Waals surface area contributed by atoms with Crippen LogP contribution in [0.1, 0.15) is 29.9 Å². The first kappa shape index (κ1) is 16.0. The van der Waals surface area contributed by atoms with E-state index in [1.807, 2.05) is 6.92 Å². The topological polar surface area (TPSA) is 84.8 Å². The summed E-state index contributed by atoms with van der Waals surface area (Å²) in [5, 5.41) is 14.8. The van der Waals surface area contributed by atoms with Gasteiger partial charge in [-0.1, -0.05) is 13.0 Å². The Bertz CT molecular complexity index is 899. The number of para-hydroxylation sites is 1. The van der Waals surface area contributed by atoms with Gasteiger partial charge in [0.15, 0.2) is 17.2 Å². The highest BCUT2D eigenvalue weighted by atomic mass is 19.1. The van der Waals surface area contributed by atoms with Gasteiger partial charge in [0, 0.05) is 7.05 Å². The van der Waals surface area contributed by atoms with Crippen molar-refractivity contribution in [1.29, 1.82) is 0 Å². The number of hydrogen-bond acceptors (Lipinski definition) is 4. The Morgan fingerprint density at radius 1 is 1.42 bits per heavy atom. The number of anilines is 1. The maximum Gasteiger partial charge on any atom is 0.260 e. The van der Waals surface area contributed by atoms with Gasteiger partial charge in [0.1, 0.15) is 5.82 Å². The molecule has 0 aliphatic carbocycles. The minimum Gasteiger partial charge on any atom is -0.490 e. The lowest BCUT2D eigenvalue weighted by Crippen LogP contribution is -2.15. The Labute approximate surface area is 137 Å². The van der Waals surface area contributed by atoms with E-state index in [2.05, 4.69) is 20.6 Å². The zero-order valence-electron chi connectivity index (χ0n) is 13.7. The molecule has 0 unspecified atom stereocenters. The van der Waals surface area contributed by atoms with E-state index in [9.17, 15) is 9.18 Å². The summed E-state index contributed by atoms with van der Waals surface area (Å²) in [5.41, 5.74) is 1.59. The van der Waals surface area contributed by atoms with Gasteiger partial charge in [0.05, 0.1) is 23.3 Å². The van der Waals surface area contributed by atoms with Crippen molar-refractivity contribution in [3.8, 4) is 5.75 Å². The Balaban J connectivity index is 1.98. The van der Waals surface area contributed by atoms with E-state index < -0.39 is 11.7 Å². The number of fused-ring (bicyclic) bond motifs is 1. The van der Waals surface area contributed by atoms with Gasteiger partial charge in [-0.15, -0.1) is 0 Å². The second kappa shape index (κ2) is 6.31. The van der Waals surface area contributed by atoms with Crippen LogP contribution in [0.3, 0.4) is 0 Å². The van der Waals surface area contributed by atoms with Crippen molar-refractivity contribution < 1.29 is 13.9 Å². The summed E-state index contributed by atoms with van der Waals surface area (Å²) in [7, 11) is 1.79. The van der Waals surface area contributed by atoms with E-state index in [-0.39, 0.29) is 17.9 Å². The molecule has 0 fully saturated rings. The lowest BCUT2D eigenvalue weighted by Gasteiger charge is -2.10. The number of carbonyl (C=O) groups excluding carboxylic acids is 1. The first-order valence-corrected chi connectivity index (χ1v) is 7.69. The fourth-order valence-electron chi connectivity index (χ4n) is 2.62. The molecule has 1 aromatic carbocycles. The lowest BCUT2D eigenvalue weighted by atomic mass is 10.1. The fourth-order valence-corrected chi connectivity index (χ4v) is 2.62. The Hall–Kier alpha value is -2.90. The van der Waals surface area contributed by atoms with Crippen LogP contribution in [0.4, 0.5) is 10.2 Å². The van der Waals surface area contributed by atoms with Crippen LogP contribution in [0.15, 0.2) is 18.2 Å². The second-order valence-electron chi connectivity index (χ2n) is 5.22. The number of hydrogen-bond donors (Lipinski definition) is 2. The van der Waals surface area contributed by atoms with Crippen LogP contribution in [-0.2, 0) is 13.5 Å². The number of halogens is 1. The molecule has 0 radical (unpaired) electrons. The molecule has 2 N–H and O–H groups in total. The van der Waals surface area contributed by atoms with Gasteiger partial charge in [0.2, 0.25) is 0 Å². The first-order chi connectivity index (χ1) is 11.6. The number of aromatic nitrogens is 4. The summed E-state index contributed by atoms with van der Waals surface area (Å²) >= 11 is 0. The maximum atomic E-state index is 13.9. The number of aryl methyl sites for hydroxylation is 2. The molecule has 0 aliphatic heterocycles. The lowest BCUT2D eigenvalue weighted by molar-refractivity contribution is 0.102. The van der Waals surface area contributed by atoms with Crippen LogP contribution in [0.2, 0.25) is 0 Å². The van der Waals surface area contributed by atoms with Crippen LogP contribution in [0.5, 0.6) is 5.75 Å². The van der Waals surface area contributed by atoms with Crippen LogP contribution in [-0.4, -0.2) is 32.5 Å². The molecule has 0 saturated carbocycles. The molecular formula is C16H18FN5O2. The molecule has 1 amide bonds. The van der Waals surface area contributed by atoms with Crippen molar-refractivity contribution in [3.63, 3.8) is 0 Å². The number of rotatable bonds is 5. The van der Waals surface area contributed by atoms with Crippen molar-refractivity contribution >= 4 is 22.8 Å². The average molecular weight is 331 g/mol. The van der Waals surface area contributed by atoms with Gasteiger partial charge in [-0.25, -0.2) is 9.07 Å².